The minimum atomic E-state index is -4.29. The fraction of sp³-hybridized carbons (Fsp3) is 0. The molecule has 0 aliphatic heterocycles. The summed E-state index contributed by atoms with van der Waals surface area (Å²) in [6.45, 7) is 0. The number of benzene rings is 2. The van der Waals surface area contributed by atoms with Gasteiger partial charge in [-0.2, -0.15) is 0 Å². The van der Waals surface area contributed by atoms with Crippen LogP contribution in [0.15, 0.2) is 58.3 Å². The molecule has 0 atom stereocenters. The van der Waals surface area contributed by atoms with Gasteiger partial charge in [-0.25, -0.2) is 16.8 Å². The first kappa shape index (κ1) is 23.7. The Labute approximate surface area is 182 Å². The van der Waals surface area contributed by atoms with Gasteiger partial charge in [0.1, 0.15) is 20.2 Å². The van der Waals surface area contributed by atoms with Crippen molar-refractivity contribution >= 4 is 65.4 Å². The van der Waals surface area contributed by atoms with Crippen molar-refractivity contribution in [1.29, 1.82) is 0 Å². The van der Waals surface area contributed by atoms with Crippen LogP contribution in [0.2, 0.25) is 0 Å². The van der Waals surface area contributed by atoms with Crippen molar-refractivity contribution in [2.45, 2.75) is 9.79 Å². The Morgan fingerprint density at radius 3 is 1.09 bits per heavy atom. The van der Waals surface area contributed by atoms with Crippen LogP contribution in [0.25, 0.3) is 0 Å². The van der Waals surface area contributed by atoms with Crippen LogP contribution < -0.4 is 0 Å². The molecule has 0 N–H and O–H groups in total. The van der Waals surface area contributed by atoms with Gasteiger partial charge in [0.15, 0.2) is 0 Å². The molecule has 0 aliphatic rings. The monoisotopic (exact) mass is 768 g/mol. The van der Waals surface area contributed by atoms with E-state index in [1.807, 2.05) is 0 Å². The zero-order chi connectivity index (χ0) is 17.0. The fourth-order valence-corrected chi connectivity index (χ4v) is 4.79. The van der Waals surface area contributed by atoms with E-state index in [9.17, 15) is 25.9 Å². The molecule has 0 unspecified atom stereocenters. The van der Waals surface area contributed by atoms with Crippen LogP contribution in [-0.4, -0.2) is 25.9 Å². The number of hydrogen-bond donors (Lipinski definition) is 0. The SMILES string of the molecule is O=S(=O)([O-])c1ccccc1I.O=S(=O)([O-])c1ccccc1I.[Hg+2]. The largest absolute Gasteiger partial charge is 2.00 e. The summed E-state index contributed by atoms with van der Waals surface area (Å²) >= 11 is 3.61. The number of halogens is 2. The first-order valence-corrected chi connectivity index (χ1v) is 10.4. The first-order chi connectivity index (χ1) is 10.0. The summed E-state index contributed by atoms with van der Waals surface area (Å²) in [6, 6.07) is 12.1. The van der Waals surface area contributed by atoms with Crippen molar-refractivity contribution < 1.29 is 53.6 Å². The van der Waals surface area contributed by atoms with Gasteiger partial charge in [-0.1, -0.05) is 24.3 Å². The van der Waals surface area contributed by atoms with Gasteiger partial charge in [-0.3, -0.25) is 0 Å². The van der Waals surface area contributed by atoms with Gasteiger partial charge in [-0.15, -0.1) is 0 Å². The van der Waals surface area contributed by atoms with Gasteiger partial charge in [-0.05, 0) is 69.4 Å². The van der Waals surface area contributed by atoms with Crippen LogP contribution in [0.4, 0.5) is 0 Å². The third-order valence-corrected chi connectivity index (χ3v) is 6.61. The van der Waals surface area contributed by atoms with Crippen LogP contribution in [0.1, 0.15) is 0 Å². The summed E-state index contributed by atoms with van der Waals surface area (Å²) in [5.74, 6) is 0. The topological polar surface area (TPSA) is 114 Å². The molecule has 0 aromatic heterocycles. The molecule has 6 nitrogen and oxygen atoms in total. The molecule has 0 radical (unpaired) electrons. The van der Waals surface area contributed by atoms with E-state index in [1.165, 1.54) is 24.3 Å². The molecule has 0 aliphatic carbocycles. The van der Waals surface area contributed by atoms with Crippen molar-refractivity contribution in [3.8, 4) is 0 Å². The van der Waals surface area contributed by atoms with E-state index in [0.717, 1.165) is 0 Å². The molecule has 2 aromatic rings. The second kappa shape index (κ2) is 9.96. The van der Waals surface area contributed by atoms with E-state index in [0.29, 0.717) is 7.14 Å². The first-order valence-electron chi connectivity index (χ1n) is 5.44. The van der Waals surface area contributed by atoms with Crippen molar-refractivity contribution in [2.75, 3.05) is 0 Å². The second-order valence-corrected chi connectivity index (χ2v) is 8.79. The molecule has 0 fully saturated rings. The third-order valence-electron chi connectivity index (χ3n) is 2.21. The fourth-order valence-electron chi connectivity index (χ4n) is 1.29. The molecule has 0 bridgehead atoms. The van der Waals surface area contributed by atoms with Crippen molar-refractivity contribution in [2.24, 2.45) is 0 Å². The standard InChI is InChI=1S/2C6H5IO3S.Hg/c2*7-5-3-1-2-4-6(5)11(8,9)10;/h2*1-4H,(H,8,9,10);/q;;+2/p-2. The average Bonchev–Trinajstić information content (AvgIpc) is 2.37. The molecule has 0 heterocycles. The second-order valence-electron chi connectivity index (χ2n) is 3.77. The minimum absolute atomic E-state index is 0. The Morgan fingerprint density at radius 2 is 0.913 bits per heavy atom. The quantitative estimate of drug-likeness (QED) is 0.264. The van der Waals surface area contributed by atoms with Gasteiger partial charge in [0, 0.05) is 7.14 Å². The summed E-state index contributed by atoms with van der Waals surface area (Å²) in [5.41, 5.74) is 0. The maximum Gasteiger partial charge on any atom is 2.00 e. The van der Waals surface area contributed by atoms with Gasteiger partial charge >= 0.3 is 27.7 Å². The van der Waals surface area contributed by atoms with E-state index in [-0.39, 0.29) is 37.5 Å². The molecule has 0 saturated carbocycles. The van der Waals surface area contributed by atoms with Gasteiger partial charge in [0.25, 0.3) is 0 Å². The smallest absolute Gasteiger partial charge is 0.744 e. The predicted molar refractivity (Wildman–Crippen MR) is 94.2 cm³/mol. The summed E-state index contributed by atoms with van der Waals surface area (Å²) in [7, 11) is -8.58. The zero-order valence-electron chi connectivity index (χ0n) is 11.3. The molecule has 2 aromatic carbocycles. The Kier molecular flexibility index (Phi) is 10.2. The van der Waals surface area contributed by atoms with Crippen molar-refractivity contribution in [3.63, 3.8) is 0 Å². The molecule has 0 saturated heterocycles. The Balaban J connectivity index is 0.000000403. The Hall–Kier alpha value is 0.655. The Morgan fingerprint density at radius 1 is 0.652 bits per heavy atom. The number of rotatable bonds is 2. The van der Waals surface area contributed by atoms with Crippen LogP contribution >= 0.6 is 45.2 Å². The molecular weight excluding hydrogens is 759 g/mol. The predicted octanol–water partition coefficient (Wildman–Crippen LogP) is 2.39. The summed E-state index contributed by atoms with van der Waals surface area (Å²) in [4.78, 5) is -0.304. The molecule has 0 amide bonds. The maximum absolute atomic E-state index is 10.5. The van der Waals surface area contributed by atoms with Gasteiger partial charge in [0.2, 0.25) is 0 Å². The van der Waals surface area contributed by atoms with E-state index in [4.69, 9.17) is 0 Å². The minimum Gasteiger partial charge on any atom is -0.744 e. The maximum atomic E-state index is 10.5. The Bertz CT molecular complexity index is 795. The average molecular weight is 767 g/mol. The number of hydrogen-bond acceptors (Lipinski definition) is 6. The van der Waals surface area contributed by atoms with Crippen molar-refractivity contribution in [3.05, 3.63) is 55.7 Å². The molecule has 0 spiro atoms. The summed E-state index contributed by atoms with van der Waals surface area (Å²) < 4.78 is 63.9. The summed E-state index contributed by atoms with van der Waals surface area (Å²) in [6.07, 6.45) is 0. The van der Waals surface area contributed by atoms with E-state index in [2.05, 4.69) is 0 Å². The molecule has 120 valence electrons. The van der Waals surface area contributed by atoms with Crippen LogP contribution in [-0.2, 0) is 47.9 Å². The zero-order valence-corrected chi connectivity index (χ0v) is 22.8. The molecule has 23 heavy (non-hydrogen) atoms. The molecule has 11 heteroatoms. The van der Waals surface area contributed by atoms with Crippen molar-refractivity contribution in [1.82, 2.24) is 0 Å². The summed E-state index contributed by atoms with van der Waals surface area (Å²) in [5, 5.41) is 0. The van der Waals surface area contributed by atoms with E-state index < -0.39 is 20.2 Å². The van der Waals surface area contributed by atoms with Gasteiger partial charge < -0.3 is 9.11 Å². The van der Waals surface area contributed by atoms with Crippen LogP contribution in [0.5, 0.6) is 0 Å². The van der Waals surface area contributed by atoms with E-state index >= 15 is 0 Å². The molecular formula is C12H8HgI2O6S2. The third kappa shape index (κ3) is 8.05. The van der Waals surface area contributed by atoms with Crippen LogP contribution in [0.3, 0.4) is 0 Å². The van der Waals surface area contributed by atoms with Gasteiger partial charge in [0.05, 0.1) is 9.79 Å². The molecule has 2 rings (SSSR count). The van der Waals surface area contributed by atoms with Crippen LogP contribution in [0, 0.1) is 7.14 Å². The van der Waals surface area contributed by atoms with E-state index in [1.54, 1.807) is 69.4 Å². The normalized spacial score (nSPS) is 11.0.